The summed E-state index contributed by atoms with van der Waals surface area (Å²) in [6.07, 6.45) is 1.72. The van der Waals surface area contributed by atoms with Crippen molar-refractivity contribution in [2.75, 3.05) is 0 Å². The SMILES string of the molecule is CCC(=O)Oc1cnoc1-c1ccccc1. The van der Waals surface area contributed by atoms with Gasteiger partial charge in [0.1, 0.15) is 6.20 Å². The summed E-state index contributed by atoms with van der Waals surface area (Å²) in [4.78, 5) is 11.2. The van der Waals surface area contributed by atoms with Crippen LogP contribution in [0.25, 0.3) is 11.3 Å². The zero-order valence-corrected chi connectivity index (χ0v) is 8.84. The van der Waals surface area contributed by atoms with E-state index in [9.17, 15) is 4.79 Å². The van der Waals surface area contributed by atoms with Crippen LogP contribution < -0.4 is 4.74 Å². The van der Waals surface area contributed by atoms with Crippen LogP contribution in [0.1, 0.15) is 13.3 Å². The van der Waals surface area contributed by atoms with E-state index in [4.69, 9.17) is 9.26 Å². The van der Waals surface area contributed by atoms with Crippen molar-refractivity contribution in [1.82, 2.24) is 5.16 Å². The Morgan fingerprint density at radius 1 is 1.38 bits per heavy atom. The molecule has 0 radical (unpaired) electrons. The van der Waals surface area contributed by atoms with Gasteiger partial charge in [-0.1, -0.05) is 42.4 Å². The molecule has 0 spiro atoms. The maximum Gasteiger partial charge on any atom is 0.311 e. The van der Waals surface area contributed by atoms with Gasteiger partial charge in [-0.3, -0.25) is 4.79 Å². The first-order valence-corrected chi connectivity index (χ1v) is 5.02. The molecule has 0 aliphatic carbocycles. The molecular formula is C12H11NO3. The number of hydrogen-bond donors (Lipinski definition) is 0. The van der Waals surface area contributed by atoms with Gasteiger partial charge < -0.3 is 9.26 Å². The third kappa shape index (κ3) is 2.11. The van der Waals surface area contributed by atoms with Crippen LogP contribution in [0.5, 0.6) is 5.75 Å². The monoisotopic (exact) mass is 217 g/mol. The number of rotatable bonds is 3. The highest BCUT2D eigenvalue weighted by atomic mass is 16.6. The first kappa shape index (κ1) is 10.4. The number of aromatic nitrogens is 1. The van der Waals surface area contributed by atoms with Crippen molar-refractivity contribution >= 4 is 5.97 Å². The minimum Gasteiger partial charge on any atom is -0.421 e. The van der Waals surface area contributed by atoms with Gasteiger partial charge >= 0.3 is 5.97 Å². The van der Waals surface area contributed by atoms with Crippen LogP contribution in [-0.2, 0) is 4.79 Å². The highest BCUT2D eigenvalue weighted by Gasteiger charge is 2.14. The van der Waals surface area contributed by atoms with Gasteiger partial charge in [0.25, 0.3) is 0 Å². The molecule has 82 valence electrons. The number of carbonyl (C=O) groups excluding carboxylic acids is 1. The van der Waals surface area contributed by atoms with Crippen molar-refractivity contribution in [3.8, 4) is 17.1 Å². The molecule has 1 aromatic carbocycles. The van der Waals surface area contributed by atoms with Gasteiger partial charge in [-0.15, -0.1) is 0 Å². The van der Waals surface area contributed by atoms with Crippen LogP contribution in [0.2, 0.25) is 0 Å². The standard InChI is InChI=1S/C12H11NO3/c1-2-11(14)15-10-8-13-16-12(10)9-6-4-3-5-7-9/h3-8H,2H2,1H3. The molecule has 0 N–H and O–H groups in total. The molecule has 0 aliphatic rings. The first-order chi connectivity index (χ1) is 7.81. The highest BCUT2D eigenvalue weighted by molar-refractivity contribution is 5.75. The molecule has 0 atom stereocenters. The summed E-state index contributed by atoms with van der Waals surface area (Å²) in [6.45, 7) is 1.73. The van der Waals surface area contributed by atoms with Gasteiger partial charge in [0, 0.05) is 12.0 Å². The Labute approximate surface area is 92.8 Å². The van der Waals surface area contributed by atoms with Crippen LogP contribution in [0.3, 0.4) is 0 Å². The molecule has 4 nitrogen and oxygen atoms in total. The third-order valence-electron chi connectivity index (χ3n) is 2.09. The predicted octanol–water partition coefficient (Wildman–Crippen LogP) is 2.66. The maximum atomic E-state index is 11.2. The number of esters is 1. The van der Waals surface area contributed by atoms with Crippen LogP contribution in [0.15, 0.2) is 41.1 Å². The topological polar surface area (TPSA) is 52.3 Å². The van der Waals surface area contributed by atoms with Crippen LogP contribution in [0, 0.1) is 0 Å². The van der Waals surface area contributed by atoms with E-state index >= 15 is 0 Å². The fraction of sp³-hybridized carbons (Fsp3) is 0.167. The van der Waals surface area contributed by atoms with Crippen molar-refractivity contribution in [3.05, 3.63) is 36.5 Å². The van der Waals surface area contributed by atoms with E-state index in [0.29, 0.717) is 17.9 Å². The largest absolute Gasteiger partial charge is 0.421 e. The fourth-order valence-corrected chi connectivity index (χ4v) is 1.28. The summed E-state index contributed by atoms with van der Waals surface area (Å²) >= 11 is 0. The Hall–Kier alpha value is -2.10. The van der Waals surface area contributed by atoms with E-state index in [2.05, 4.69) is 5.16 Å². The number of nitrogens with zero attached hydrogens (tertiary/aromatic N) is 1. The predicted molar refractivity (Wildman–Crippen MR) is 57.9 cm³/mol. The molecule has 4 heteroatoms. The molecule has 1 aromatic heterocycles. The van der Waals surface area contributed by atoms with E-state index < -0.39 is 0 Å². The van der Waals surface area contributed by atoms with Crippen molar-refractivity contribution in [1.29, 1.82) is 0 Å². The summed E-state index contributed by atoms with van der Waals surface area (Å²) in [5, 5.41) is 3.63. The lowest BCUT2D eigenvalue weighted by molar-refractivity contribution is -0.134. The molecule has 2 aromatic rings. The number of carbonyl (C=O) groups is 1. The van der Waals surface area contributed by atoms with Crippen molar-refractivity contribution in [3.63, 3.8) is 0 Å². The van der Waals surface area contributed by atoms with E-state index in [1.54, 1.807) is 6.92 Å². The van der Waals surface area contributed by atoms with E-state index in [0.717, 1.165) is 5.56 Å². The summed E-state index contributed by atoms with van der Waals surface area (Å²) < 4.78 is 10.2. The molecule has 0 bridgehead atoms. The summed E-state index contributed by atoms with van der Waals surface area (Å²) in [5.41, 5.74) is 0.832. The lowest BCUT2D eigenvalue weighted by atomic mass is 10.2. The molecule has 1 heterocycles. The molecule has 0 saturated heterocycles. The Balaban J connectivity index is 2.29. The van der Waals surface area contributed by atoms with Crippen molar-refractivity contribution < 1.29 is 14.1 Å². The van der Waals surface area contributed by atoms with Gasteiger partial charge in [-0.05, 0) is 0 Å². The van der Waals surface area contributed by atoms with Gasteiger partial charge in [0.05, 0.1) is 0 Å². The second kappa shape index (κ2) is 4.61. The average Bonchev–Trinajstić information content (AvgIpc) is 2.78. The minimum atomic E-state index is -0.305. The Kier molecular flexibility index (Phi) is 3.00. The third-order valence-corrected chi connectivity index (χ3v) is 2.09. The van der Waals surface area contributed by atoms with E-state index in [1.165, 1.54) is 6.20 Å². The van der Waals surface area contributed by atoms with E-state index in [1.807, 2.05) is 30.3 Å². The minimum absolute atomic E-state index is 0.305. The summed E-state index contributed by atoms with van der Waals surface area (Å²) in [6, 6.07) is 9.39. The zero-order valence-electron chi connectivity index (χ0n) is 8.84. The Morgan fingerprint density at radius 2 is 2.12 bits per heavy atom. The fourth-order valence-electron chi connectivity index (χ4n) is 1.28. The molecule has 0 saturated carbocycles. The molecule has 0 fully saturated rings. The Morgan fingerprint density at radius 3 is 2.81 bits per heavy atom. The number of hydrogen-bond acceptors (Lipinski definition) is 4. The normalized spacial score (nSPS) is 10.1. The van der Waals surface area contributed by atoms with Crippen molar-refractivity contribution in [2.45, 2.75) is 13.3 Å². The van der Waals surface area contributed by atoms with E-state index in [-0.39, 0.29) is 5.97 Å². The lowest BCUT2D eigenvalue weighted by Crippen LogP contribution is -2.05. The molecule has 0 unspecified atom stereocenters. The van der Waals surface area contributed by atoms with Crippen LogP contribution in [-0.4, -0.2) is 11.1 Å². The second-order valence-corrected chi connectivity index (χ2v) is 3.21. The van der Waals surface area contributed by atoms with Gasteiger partial charge in [-0.25, -0.2) is 0 Å². The smallest absolute Gasteiger partial charge is 0.311 e. The first-order valence-electron chi connectivity index (χ1n) is 5.02. The Bertz CT molecular complexity index is 476. The second-order valence-electron chi connectivity index (χ2n) is 3.21. The van der Waals surface area contributed by atoms with Gasteiger partial charge in [0.2, 0.25) is 5.76 Å². The average molecular weight is 217 g/mol. The van der Waals surface area contributed by atoms with Gasteiger partial charge in [-0.2, -0.15) is 0 Å². The zero-order chi connectivity index (χ0) is 11.4. The van der Waals surface area contributed by atoms with Crippen molar-refractivity contribution in [2.24, 2.45) is 0 Å². The maximum absolute atomic E-state index is 11.2. The summed E-state index contributed by atoms with van der Waals surface area (Å²) in [7, 11) is 0. The molecule has 0 aliphatic heterocycles. The number of benzene rings is 1. The molecule has 2 rings (SSSR count). The van der Waals surface area contributed by atoms with Crippen LogP contribution in [0.4, 0.5) is 0 Å². The summed E-state index contributed by atoms with van der Waals surface area (Å²) in [5.74, 6) is 0.529. The molecule has 0 amide bonds. The van der Waals surface area contributed by atoms with Crippen LogP contribution >= 0.6 is 0 Å². The molecular weight excluding hydrogens is 206 g/mol. The number of ether oxygens (including phenoxy) is 1. The lowest BCUT2D eigenvalue weighted by Gasteiger charge is -2.01. The molecule has 16 heavy (non-hydrogen) atoms. The highest BCUT2D eigenvalue weighted by Crippen LogP contribution is 2.29. The quantitative estimate of drug-likeness (QED) is 0.741. The van der Waals surface area contributed by atoms with Gasteiger partial charge in [0.15, 0.2) is 5.75 Å².